The molecule has 1 radical (unpaired) electrons. The first-order valence-electron chi connectivity index (χ1n) is 9.97. The number of hydrogen-bond acceptors (Lipinski definition) is 2. The fourth-order valence-corrected chi connectivity index (χ4v) is 3.28. The second kappa shape index (κ2) is 11.9. The summed E-state index contributed by atoms with van der Waals surface area (Å²) in [5.41, 5.74) is 3.12. The number of allylic oxidation sites excluding steroid dienone is 2. The van der Waals surface area contributed by atoms with Gasteiger partial charge in [0.25, 0.3) is 0 Å². The van der Waals surface area contributed by atoms with E-state index in [9.17, 15) is 9.59 Å². The maximum Gasteiger partial charge on any atom is 2.00 e. The Morgan fingerprint density at radius 2 is 1.00 bits per heavy atom. The molecule has 0 atom stereocenters. The van der Waals surface area contributed by atoms with Gasteiger partial charge in [0, 0.05) is 11.1 Å². The first-order valence-corrected chi connectivity index (χ1v) is 9.97. The van der Waals surface area contributed by atoms with Crippen LogP contribution in [0.1, 0.15) is 27.1 Å². The van der Waals surface area contributed by atoms with E-state index in [1.807, 2.05) is 24.3 Å². The van der Waals surface area contributed by atoms with Crippen molar-refractivity contribution in [1.82, 2.24) is 0 Å². The Kier molecular flexibility index (Phi) is 8.92. The number of benzene rings is 3. The van der Waals surface area contributed by atoms with Crippen LogP contribution in [0.5, 0.6) is 0 Å². The third-order valence-electron chi connectivity index (χ3n) is 4.86. The SMILES string of the molecule is C1=C[N-]c2c3c(ccc2=C1)=CC=C[N-]3.O=C(CC(=O)c1ccccc1)c1ccccc1.[Eu+2]. The number of nitrogens with zero attached hydrogens (tertiary/aromatic N) is 2. The predicted octanol–water partition coefficient (Wildman–Crippen LogP) is 5.45. The van der Waals surface area contributed by atoms with Gasteiger partial charge in [0.1, 0.15) is 0 Å². The van der Waals surface area contributed by atoms with Crippen molar-refractivity contribution < 1.29 is 59.0 Å². The van der Waals surface area contributed by atoms with Crippen LogP contribution in [0.25, 0.3) is 22.8 Å². The summed E-state index contributed by atoms with van der Waals surface area (Å²) in [7, 11) is 0. The molecule has 0 spiro atoms. The van der Waals surface area contributed by atoms with E-state index in [-0.39, 0.29) is 67.4 Å². The molecular formula is C27H20EuN2O2. The number of carbonyl (C=O) groups excluding carboxylic acids is 2. The standard InChI is InChI=1S/C15H12O2.C12H8N2.Eu/c16-14(12-7-3-1-4-8-12)11-15(17)13-9-5-2-6-10-13;1-3-9-5-6-10-4-2-8-14-12(10)11(9)13-7-1;/h1-10H,11H2;1-8H;/q;-2;+2. The molecule has 32 heavy (non-hydrogen) atoms. The summed E-state index contributed by atoms with van der Waals surface area (Å²) in [6, 6.07) is 21.9. The minimum absolute atomic E-state index is 0. The van der Waals surface area contributed by atoms with E-state index in [0.717, 1.165) is 21.8 Å². The Bertz CT molecular complexity index is 1180. The van der Waals surface area contributed by atoms with Crippen LogP contribution in [0.2, 0.25) is 0 Å². The molecule has 2 heterocycles. The van der Waals surface area contributed by atoms with Crippen LogP contribution in [0.15, 0.2) is 97.3 Å². The molecule has 5 rings (SSSR count). The Labute approximate surface area is 228 Å². The molecule has 2 aliphatic rings. The number of ketones is 2. The molecule has 2 aliphatic heterocycles. The monoisotopic (exact) mass is 557 g/mol. The molecule has 0 bridgehead atoms. The van der Waals surface area contributed by atoms with Gasteiger partial charge in [-0.1, -0.05) is 97.1 Å². The predicted molar refractivity (Wildman–Crippen MR) is 125 cm³/mol. The zero-order valence-electron chi connectivity index (χ0n) is 17.2. The van der Waals surface area contributed by atoms with E-state index in [4.69, 9.17) is 0 Å². The van der Waals surface area contributed by atoms with Crippen LogP contribution < -0.4 is 10.4 Å². The van der Waals surface area contributed by atoms with Gasteiger partial charge in [-0.25, -0.2) is 0 Å². The molecule has 0 saturated carbocycles. The molecule has 5 heteroatoms. The van der Waals surface area contributed by atoms with Crippen molar-refractivity contribution in [3.05, 3.63) is 130 Å². The molecule has 0 amide bonds. The van der Waals surface area contributed by atoms with Crippen LogP contribution in [0, 0.1) is 49.4 Å². The Hall–Kier alpha value is -2.60. The average molecular weight is 556 g/mol. The molecule has 0 fully saturated rings. The van der Waals surface area contributed by atoms with E-state index < -0.39 is 0 Å². The molecule has 0 aliphatic carbocycles. The van der Waals surface area contributed by atoms with Gasteiger partial charge < -0.3 is 10.6 Å². The van der Waals surface area contributed by atoms with Crippen LogP contribution in [0.4, 0.5) is 11.4 Å². The molecule has 0 aromatic heterocycles. The Balaban J connectivity index is 0.000000178. The number of Topliss-reactive ketones (excluding diaryl/α,β-unsaturated/α-hetero) is 2. The fraction of sp³-hybridized carbons (Fsp3) is 0.0370. The van der Waals surface area contributed by atoms with Gasteiger partial charge in [-0.05, 0) is 10.4 Å². The van der Waals surface area contributed by atoms with Crippen molar-refractivity contribution in [2.24, 2.45) is 0 Å². The van der Waals surface area contributed by atoms with E-state index >= 15 is 0 Å². The van der Waals surface area contributed by atoms with E-state index in [1.54, 1.807) is 60.9 Å². The van der Waals surface area contributed by atoms with Gasteiger partial charge in [-0.2, -0.15) is 12.4 Å². The molecule has 4 nitrogen and oxygen atoms in total. The molecule has 0 N–H and O–H groups in total. The summed E-state index contributed by atoms with van der Waals surface area (Å²) in [6.45, 7) is 0. The molecule has 3 aromatic carbocycles. The first kappa shape index (κ1) is 24.1. The van der Waals surface area contributed by atoms with Crippen LogP contribution in [-0.2, 0) is 0 Å². The smallest absolute Gasteiger partial charge is 0.665 e. The quantitative estimate of drug-likeness (QED) is 0.317. The van der Waals surface area contributed by atoms with Gasteiger partial charge in [0.05, 0.1) is 6.42 Å². The molecule has 0 saturated heterocycles. The maximum absolute atomic E-state index is 11.8. The van der Waals surface area contributed by atoms with Crippen molar-refractivity contribution >= 4 is 35.1 Å². The second-order valence-corrected chi connectivity index (χ2v) is 6.97. The summed E-state index contributed by atoms with van der Waals surface area (Å²) in [5, 5.41) is 11.0. The largest absolute Gasteiger partial charge is 2.00 e. The van der Waals surface area contributed by atoms with Gasteiger partial charge in [0.15, 0.2) is 11.6 Å². The van der Waals surface area contributed by atoms with Crippen molar-refractivity contribution in [2.45, 2.75) is 6.42 Å². The summed E-state index contributed by atoms with van der Waals surface area (Å²) < 4.78 is 0. The average Bonchev–Trinajstić information content (AvgIpc) is 2.85. The minimum atomic E-state index is -0.139. The molecular weight excluding hydrogens is 536 g/mol. The summed E-state index contributed by atoms with van der Waals surface area (Å²) in [6.07, 6.45) is 11.5. The zero-order chi connectivity index (χ0) is 21.5. The number of carbonyl (C=O) groups is 2. The Morgan fingerprint density at radius 1 is 0.594 bits per heavy atom. The maximum atomic E-state index is 11.8. The fourth-order valence-electron chi connectivity index (χ4n) is 3.28. The first-order chi connectivity index (χ1) is 15.2. The van der Waals surface area contributed by atoms with E-state index in [2.05, 4.69) is 34.9 Å². The molecule has 3 aromatic rings. The van der Waals surface area contributed by atoms with Crippen molar-refractivity contribution in [3.63, 3.8) is 0 Å². The summed E-state index contributed by atoms with van der Waals surface area (Å²) >= 11 is 0. The summed E-state index contributed by atoms with van der Waals surface area (Å²) in [5.74, 6) is -0.279. The van der Waals surface area contributed by atoms with E-state index in [1.165, 1.54) is 0 Å². The van der Waals surface area contributed by atoms with Gasteiger partial charge in [0.2, 0.25) is 0 Å². The Morgan fingerprint density at radius 3 is 1.41 bits per heavy atom. The van der Waals surface area contributed by atoms with Crippen LogP contribution in [-0.4, -0.2) is 11.6 Å². The number of rotatable bonds is 4. The molecule has 157 valence electrons. The van der Waals surface area contributed by atoms with Gasteiger partial charge >= 0.3 is 49.4 Å². The van der Waals surface area contributed by atoms with Gasteiger partial charge in [-0.3, -0.25) is 9.59 Å². The van der Waals surface area contributed by atoms with Crippen LogP contribution >= 0.6 is 0 Å². The zero-order valence-corrected chi connectivity index (χ0v) is 19.6. The van der Waals surface area contributed by atoms with Crippen molar-refractivity contribution in [2.75, 3.05) is 0 Å². The number of fused-ring (bicyclic) bond motifs is 3. The normalized spacial score (nSPS) is 12.0. The van der Waals surface area contributed by atoms with E-state index in [0.29, 0.717) is 11.1 Å². The van der Waals surface area contributed by atoms with Crippen molar-refractivity contribution in [1.29, 1.82) is 0 Å². The third-order valence-corrected chi connectivity index (χ3v) is 4.86. The minimum Gasteiger partial charge on any atom is -0.665 e. The second-order valence-electron chi connectivity index (χ2n) is 6.97. The van der Waals surface area contributed by atoms with Crippen LogP contribution in [0.3, 0.4) is 0 Å². The topological polar surface area (TPSA) is 62.3 Å². The van der Waals surface area contributed by atoms with Gasteiger partial charge in [-0.15, -0.1) is 11.4 Å². The molecule has 0 unspecified atom stereocenters. The van der Waals surface area contributed by atoms with Crippen molar-refractivity contribution in [3.8, 4) is 0 Å². The third kappa shape index (κ3) is 6.01. The number of hydrogen-bond donors (Lipinski definition) is 0. The summed E-state index contributed by atoms with van der Waals surface area (Å²) in [4.78, 5) is 23.6.